The molecular formula is C12H6Br3FOS. The van der Waals surface area contributed by atoms with Crippen LogP contribution in [0.2, 0.25) is 0 Å². The molecule has 0 saturated heterocycles. The van der Waals surface area contributed by atoms with E-state index < -0.39 is 0 Å². The molecule has 0 amide bonds. The Hall–Kier alpha value is -0.0400. The first-order valence-corrected chi connectivity index (χ1v) is 8.09. The van der Waals surface area contributed by atoms with Gasteiger partial charge in [0, 0.05) is 12.0 Å². The van der Waals surface area contributed by atoms with Crippen molar-refractivity contribution >= 4 is 64.9 Å². The molecule has 94 valence electrons. The minimum absolute atomic E-state index is 0.0462. The van der Waals surface area contributed by atoms with Gasteiger partial charge in [0.05, 0.1) is 12.0 Å². The first-order valence-electron chi connectivity index (χ1n) is 4.90. The van der Waals surface area contributed by atoms with E-state index in [1.54, 1.807) is 18.2 Å². The van der Waals surface area contributed by atoms with Crippen LogP contribution in [0.4, 0.5) is 4.39 Å². The van der Waals surface area contributed by atoms with Crippen molar-refractivity contribution in [3.63, 3.8) is 0 Å². The zero-order valence-corrected chi connectivity index (χ0v) is 14.4. The average molecular weight is 457 g/mol. The second-order valence-corrected chi connectivity index (χ2v) is 8.09. The molecule has 0 atom stereocenters. The van der Waals surface area contributed by atoms with Gasteiger partial charge in [0.25, 0.3) is 0 Å². The molecule has 0 aliphatic carbocycles. The highest BCUT2D eigenvalue weighted by atomic mass is 79.9. The number of thiophene rings is 1. The van der Waals surface area contributed by atoms with Gasteiger partial charge >= 0.3 is 0 Å². The summed E-state index contributed by atoms with van der Waals surface area (Å²) in [4.78, 5) is 12.1. The maximum absolute atomic E-state index is 13.3. The molecule has 0 unspecified atom stereocenters. The second-order valence-electron chi connectivity index (χ2n) is 3.55. The van der Waals surface area contributed by atoms with Crippen LogP contribution in [0.15, 0.2) is 36.3 Å². The molecule has 2 aromatic rings. The van der Waals surface area contributed by atoms with E-state index in [9.17, 15) is 9.18 Å². The van der Waals surface area contributed by atoms with E-state index in [2.05, 4.69) is 47.8 Å². The van der Waals surface area contributed by atoms with E-state index in [0.29, 0.717) is 15.6 Å². The van der Waals surface area contributed by atoms with Gasteiger partial charge in [-0.25, -0.2) is 4.39 Å². The molecule has 0 spiro atoms. The lowest BCUT2D eigenvalue weighted by Crippen LogP contribution is -2.04. The van der Waals surface area contributed by atoms with Gasteiger partial charge in [0.1, 0.15) is 5.82 Å². The Morgan fingerprint density at radius 3 is 2.61 bits per heavy atom. The number of rotatable bonds is 3. The monoisotopic (exact) mass is 454 g/mol. The molecule has 1 aromatic heterocycles. The number of carbonyl (C=O) groups is 1. The van der Waals surface area contributed by atoms with E-state index in [1.165, 1.54) is 17.4 Å². The molecule has 0 bridgehead atoms. The van der Waals surface area contributed by atoms with Crippen LogP contribution < -0.4 is 0 Å². The SMILES string of the molecule is O=C(Cc1cccc(F)c1Br)c1cc(Br)sc1Br. The van der Waals surface area contributed by atoms with Gasteiger partial charge in [-0.15, -0.1) is 11.3 Å². The van der Waals surface area contributed by atoms with Crippen LogP contribution in [-0.2, 0) is 6.42 Å². The van der Waals surface area contributed by atoms with Crippen molar-refractivity contribution < 1.29 is 9.18 Å². The van der Waals surface area contributed by atoms with Gasteiger partial charge in [-0.3, -0.25) is 4.79 Å². The van der Waals surface area contributed by atoms with Crippen LogP contribution >= 0.6 is 59.1 Å². The highest BCUT2D eigenvalue weighted by molar-refractivity contribution is 9.12. The van der Waals surface area contributed by atoms with Crippen molar-refractivity contribution in [3.8, 4) is 0 Å². The van der Waals surface area contributed by atoms with Crippen LogP contribution in [0.25, 0.3) is 0 Å². The standard InChI is InChI=1S/C12H6Br3FOS/c13-10-5-7(12(15)18-10)9(17)4-6-2-1-3-8(16)11(6)14/h1-3,5H,4H2. The highest BCUT2D eigenvalue weighted by Crippen LogP contribution is 2.33. The zero-order valence-electron chi connectivity index (χ0n) is 8.84. The fourth-order valence-corrected chi connectivity index (χ4v) is 4.74. The van der Waals surface area contributed by atoms with Crippen LogP contribution in [0, 0.1) is 5.82 Å². The molecule has 0 fully saturated rings. The number of benzene rings is 1. The summed E-state index contributed by atoms with van der Waals surface area (Å²) in [6.07, 6.45) is 0.167. The Kier molecular flexibility index (Phi) is 4.75. The number of Topliss-reactive ketones (excluding diaryl/α,β-unsaturated/α-hetero) is 1. The van der Waals surface area contributed by atoms with Crippen molar-refractivity contribution in [1.29, 1.82) is 0 Å². The fourth-order valence-electron chi connectivity index (χ4n) is 1.48. The van der Waals surface area contributed by atoms with Crippen LogP contribution in [0.1, 0.15) is 15.9 Å². The van der Waals surface area contributed by atoms with E-state index in [4.69, 9.17) is 0 Å². The maximum Gasteiger partial charge on any atom is 0.169 e. The van der Waals surface area contributed by atoms with Gasteiger partial charge in [-0.05, 0) is 65.5 Å². The van der Waals surface area contributed by atoms with E-state index in [0.717, 1.165) is 7.57 Å². The van der Waals surface area contributed by atoms with Gasteiger partial charge in [0.2, 0.25) is 0 Å². The Labute approximate surface area is 133 Å². The molecule has 0 aliphatic heterocycles. The van der Waals surface area contributed by atoms with Gasteiger partial charge in [-0.1, -0.05) is 12.1 Å². The van der Waals surface area contributed by atoms with Crippen LogP contribution in [-0.4, -0.2) is 5.78 Å². The highest BCUT2D eigenvalue weighted by Gasteiger charge is 2.16. The predicted octanol–water partition coefficient (Wildman–Crippen LogP) is 5.60. The number of halogens is 4. The third-order valence-electron chi connectivity index (χ3n) is 2.34. The normalized spacial score (nSPS) is 10.7. The summed E-state index contributed by atoms with van der Waals surface area (Å²) < 4.78 is 15.4. The first kappa shape index (κ1) is 14.4. The lowest BCUT2D eigenvalue weighted by atomic mass is 10.1. The Balaban J connectivity index is 2.27. The van der Waals surface area contributed by atoms with Crippen molar-refractivity contribution in [1.82, 2.24) is 0 Å². The van der Waals surface area contributed by atoms with Crippen LogP contribution in [0.3, 0.4) is 0 Å². The molecule has 1 nitrogen and oxygen atoms in total. The Morgan fingerprint density at radius 2 is 2.00 bits per heavy atom. The Bertz CT molecular complexity index is 609. The summed E-state index contributed by atoms with van der Waals surface area (Å²) in [5, 5.41) is 0. The summed E-state index contributed by atoms with van der Waals surface area (Å²) in [5.74, 6) is -0.402. The molecule has 2 rings (SSSR count). The van der Waals surface area contributed by atoms with Crippen LogP contribution in [0.5, 0.6) is 0 Å². The molecule has 1 aromatic carbocycles. The quantitative estimate of drug-likeness (QED) is 0.549. The van der Waals surface area contributed by atoms with E-state index in [1.807, 2.05) is 0 Å². The minimum atomic E-state index is -0.356. The Morgan fingerprint density at radius 1 is 1.28 bits per heavy atom. The average Bonchev–Trinajstić information content (AvgIpc) is 2.64. The molecular weight excluding hydrogens is 451 g/mol. The topological polar surface area (TPSA) is 17.1 Å². The molecule has 0 N–H and O–H groups in total. The molecule has 1 heterocycles. The summed E-state index contributed by atoms with van der Waals surface area (Å²) in [7, 11) is 0. The zero-order chi connectivity index (χ0) is 13.3. The lowest BCUT2D eigenvalue weighted by Gasteiger charge is -2.04. The molecule has 0 saturated carbocycles. The summed E-state index contributed by atoms with van der Waals surface area (Å²) in [5.41, 5.74) is 1.26. The van der Waals surface area contributed by atoms with Crippen molar-refractivity contribution in [2.45, 2.75) is 6.42 Å². The lowest BCUT2D eigenvalue weighted by molar-refractivity contribution is 0.0992. The summed E-state index contributed by atoms with van der Waals surface area (Å²) >= 11 is 11.3. The number of ketones is 1. The number of hydrogen-bond donors (Lipinski definition) is 0. The molecule has 18 heavy (non-hydrogen) atoms. The van der Waals surface area contributed by atoms with Crippen molar-refractivity contribution in [2.24, 2.45) is 0 Å². The largest absolute Gasteiger partial charge is 0.294 e. The smallest absolute Gasteiger partial charge is 0.169 e. The number of carbonyl (C=O) groups excluding carboxylic acids is 1. The van der Waals surface area contributed by atoms with Gasteiger partial charge in [0.15, 0.2) is 5.78 Å². The van der Waals surface area contributed by atoms with Gasteiger partial charge in [-0.2, -0.15) is 0 Å². The molecule has 6 heteroatoms. The predicted molar refractivity (Wildman–Crippen MR) is 81.9 cm³/mol. The minimum Gasteiger partial charge on any atom is -0.294 e. The summed E-state index contributed by atoms with van der Waals surface area (Å²) in [6.45, 7) is 0. The third kappa shape index (κ3) is 3.10. The van der Waals surface area contributed by atoms with E-state index >= 15 is 0 Å². The fraction of sp³-hybridized carbons (Fsp3) is 0.0833. The number of hydrogen-bond acceptors (Lipinski definition) is 2. The molecule has 0 radical (unpaired) electrons. The van der Waals surface area contributed by atoms with Crippen molar-refractivity contribution in [3.05, 3.63) is 53.3 Å². The first-order chi connectivity index (χ1) is 8.49. The molecule has 0 aliphatic rings. The van der Waals surface area contributed by atoms with E-state index in [-0.39, 0.29) is 18.0 Å². The summed E-state index contributed by atoms with van der Waals surface area (Å²) in [6, 6.07) is 6.46. The maximum atomic E-state index is 13.3. The second kappa shape index (κ2) is 5.94. The third-order valence-corrected chi connectivity index (χ3v) is 5.57. The van der Waals surface area contributed by atoms with Gasteiger partial charge < -0.3 is 0 Å². The van der Waals surface area contributed by atoms with Crippen molar-refractivity contribution in [2.75, 3.05) is 0 Å².